The van der Waals surface area contributed by atoms with Gasteiger partial charge < -0.3 is 10.3 Å². The third-order valence-electron chi connectivity index (χ3n) is 2.55. The molecule has 19 heavy (non-hydrogen) atoms. The van der Waals surface area contributed by atoms with Crippen molar-refractivity contribution < 1.29 is 4.52 Å². The summed E-state index contributed by atoms with van der Waals surface area (Å²) in [6.45, 7) is 0. The second-order valence-electron chi connectivity index (χ2n) is 3.72. The van der Waals surface area contributed by atoms with E-state index in [0.717, 1.165) is 18.8 Å². The fourth-order valence-corrected chi connectivity index (χ4v) is 4.55. The van der Waals surface area contributed by atoms with Crippen LogP contribution in [-0.2, 0) is 0 Å². The van der Waals surface area contributed by atoms with Crippen molar-refractivity contribution in [2.24, 2.45) is 0 Å². The first kappa shape index (κ1) is 12.8. The van der Waals surface area contributed by atoms with Crippen molar-refractivity contribution in [3.63, 3.8) is 0 Å². The summed E-state index contributed by atoms with van der Waals surface area (Å²) in [7, 11) is 0. The van der Waals surface area contributed by atoms with E-state index in [1.54, 1.807) is 17.5 Å². The molecule has 0 amide bonds. The maximum atomic E-state index is 5.87. The Labute approximate surface area is 129 Å². The zero-order valence-electron chi connectivity index (χ0n) is 9.43. The van der Waals surface area contributed by atoms with E-state index < -0.39 is 0 Å². The van der Waals surface area contributed by atoms with Gasteiger partial charge in [-0.25, -0.2) is 0 Å². The lowest BCUT2D eigenvalue weighted by molar-refractivity contribution is 0.439. The van der Waals surface area contributed by atoms with Crippen molar-refractivity contribution in [1.29, 1.82) is 0 Å². The Balaban J connectivity index is 2.22. The summed E-state index contributed by atoms with van der Waals surface area (Å²) < 4.78 is 7.09. The minimum Gasteiger partial charge on any atom is -0.367 e. The van der Waals surface area contributed by atoms with Crippen molar-refractivity contribution in [1.82, 2.24) is 10.1 Å². The molecule has 0 aliphatic rings. The molecular formula is C12H7Br2N3OS. The third-order valence-corrected chi connectivity index (χ3v) is 4.89. The van der Waals surface area contributed by atoms with E-state index >= 15 is 0 Å². The van der Waals surface area contributed by atoms with E-state index in [4.69, 9.17) is 10.3 Å². The Morgan fingerprint density at radius 3 is 2.74 bits per heavy atom. The van der Waals surface area contributed by atoms with E-state index in [0.29, 0.717) is 11.3 Å². The van der Waals surface area contributed by atoms with E-state index in [1.165, 1.54) is 0 Å². The second kappa shape index (κ2) is 5.07. The summed E-state index contributed by atoms with van der Waals surface area (Å²) in [6, 6.07) is 7.60. The van der Waals surface area contributed by atoms with Gasteiger partial charge >= 0.3 is 0 Å². The molecule has 3 aromatic heterocycles. The SMILES string of the molecule is Nc1onc(-c2cc(Br)sc2Br)c1-c1ccccn1. The zero-order chi connectivity index (χ0) is 13.4. The predicted molar refractivity (Wildman–Crippen MR) is 82.9 cm³/mol. The molecule has 0 saturated carbocycles. The van der Waals surface area contributed by atoms with Crippen molar-refractivity contribution in [2.75, 3.05) is 5.73 Å². The van der Waals surface area contributed by atoms with Crippen LogP contribution in [0.4, 0.5) is 5.88 Å². The van der Waals surface area contributed by atoms with Crippen LogP contribution in [0.25, 0.3) is 22.5 Å². The maximum absolute atomic E-state index is 5.87. The van der Waals surface area contributed by atoms with Gasteiger partial charge in [-0.15, -0.1) is 11.3 Å². The number of halogens is 2. The summed E-state index contributed by atoms with van der Waals surface area (Å²) in [6.07, 6.45) is 1.71. The summed E-state index contributed by atoms with van der Waals surface area (Å²) in [5.74, 6) is 0.267. The quantitative estimate of drug-likeness (QED) is 0.684. The fraction of sp³-hybridized carbons (Fsp3) is 0. The van der Waals surface area contributed by atoms with Gasteiger partial charge in [-0.2, -0.15) is 0 Å². The molecule has 3 heterocycles. The lowest BCUT2D eigenvalue weighted by atomic mass is 10.1. The van der Waals surface area contributed by atoms with Crippen LogP contribution in [0.1, 0.15) is 0 Å². The van der Waals surface area contributed by atoms with Gasteiger partial charge in [0.15, 0.2) is 0 Å². The molecule has 2 N–H and O–H groups in total. The predicted octanol–water partition coefficient (Wildman–Crippen LogP) is 4.57. The number of nitrogen functional groups attached to an aromatic ring is 1. The Bertz CT molecular complexity index is 724. The first-order valence-electron chi connectivity index (χ1n) is 5.28. The van der Waals surface area contributed by atoms with Crippen LogP contribution < -0.4 is 5.73 Å². The molecule has 0 aliphatic carbocycles. The monoisotopic (exact) mass is 399 g/mol. The van der Waals surface area contributed by atoms with Gasteiger partial charge in [-0.05, 0) is 50.1 Å². The van der Waals surface area contributed by atoms with Gasteiger partial charge in [0.25, 0.3) is 0 Å². The van der Waals surface area contributed by atoms with Crippen LogP contribution in [0.15, 0.2) is 42.6 Å². The highest BCUT2D eigenvalue weighted by Gasteiger charge is 2.21. The van der Waals surface area contributed by atoms with Gasteiger partial charge in [0.2, 0.25) is 5.88 Å². The molecule has 3 aromatic rings. The van der Waals surface area contributed by atoms with Gasteiger partial charge in [0, 0.05) is 11.8 Å². The van der Waals surface area contributed by atoms with Crippen LogP contribution in [0.5, 0.6) is 0 Å². The van der Waals surface area contributed by atoms with Crippen LogP contribution >= 0.6 is 43.2 Å². The Morgan fingerprint density at radius 2 is 2.11 bits per heavy atom. The normalized spacial score (nSPS) is 10.8. The number of hydrogen-bond donors (Lipinski definition) is 1. The molecule has 96 valence electrons. The van der Waals surface area contributed by atoms with Crippen molar-refractivity contribution in [3.05, 3.63) is 38.0 Å². The highest BCUT2D eigenvalue weighted by molar-refractivity contribution is 9.12. The molecule has 0 saturated heterocycles. The molecule has 4 nitrogen and oxygen atoms in total. The average Bonchev–Trinajstić information content (AvgIpc) is 2.93. The second-order valence-corrected chi connectivity index (χ2v) is 7.47. The van der Waals surface area contributed by atoms with E-state index in [9.17, 15) is 0 Å². The number of nitrogens with two attached hydrogens (primary N) is 1. The van der Waals surface area contributed by atoms with Crippen LogP contribution in [0, 0.1) is 0 Å². The standard InChI is InChI=1S/C12H7Br2N3OS/c13-8-5-6(11(14)19-8)10-9(12(15)18-17-10)7-3-1-2-4-16-7/h1-5H,15H2. The summed E-state index contributed by atoms with van der Waals surface area (Å²) >= 11 is 8.53. The molecule has 0 aliphatic heterocycles. The highest BCUT2D eigenvalue weighted by atomic mass is 79.9. The van der Waals surface area contributed by atoms with E-state index in [2.05, 4.69) is 42.0 Å². The number of pyridine rings is 1. The summed E-state index contributed by atoms with van der Waals surface area (Å²) in [4.78, 5) is 4.30. The minimum atomic E-state index is 0.267. The Morgan fingerprint density at radius 1 is 1.26 bits per heavy atom. The molecular weight excluding hydrogens is 394 g/mol. The number of rotatable bonds is 2. The maximum Gasteiger partial charge on any atom is 0.232 e. The van der Waals surface area contributed by atoms with Crippen molar-refractivity contribution in [2.45, 2.75) is 0 Å². The molecule has 7 heteroatoms. The number of hydrogen-bond acceptors (Lipinski definition) is 5. The minimum absolute atomic E-state index is 0.267. The van der Waals surface area contributed by atoms with Crippen LogP contribution in [-0.4, -0.2) is 10.1 Å². The largest absolute Gasteiger partial charge is 0.367 e. The van der Waals surface area contributed by atoms with Gasteiger partial charge in [0.05, 0.1) is 18.8 Å². The lowest BCUT2D eigenvalue weighted by Gasteiger charge is -2.00. The smallest absolute Gasteiger partial charge is 0.232 e. The number of nitrogens with zero attached hydrogens (tertiary/aromatic N) is 2. The summed E-state index contributed by atoms with van der Waals surface area (Å²) in [5.41, 5.74) is 8.94. The van der Waals surface area contributed by atoms with Crippen LogP contribution in [0.3, 0.4) is 0 Å². The third kappa shape index (κ3) is 2.33. The number of thiophene rings is 1. The molecule has 3 rings (SSSR count). The highest BCUT2D eigenvalue weighted by Crippen LogP contribution is 2.43. The van der Waals surface area contributed by atoms with Gasteiger partial charge in [0.1, 0.15) is 5.69 Å². The molecule has 0 fully saturated rings. The lowest BCUT2D eigenvalue weighted by Crippen LogP contribution is -1.89. The molecule has 0 atom stereocenters. The molecule has 0 unspecified atom stereocenters. The zero-order valence-corrected chi connectivity index (χ0v) is 13.4. The van der Waals surface area contributed by atoms with E-state index in [-0.39, 0.29) is 5.88 Å². The Kier molecular flexibility index (Phi) is 3.42. The van der Waals surface area contributed by atoms with Crippen molar-refractivity contribution in [3.8, 4) is 22.5 Å². The fourth-order valence-electron chi connectivity index (χ4n) is 1.75. The Hall–Kier alpha value is -1.18. The first-order valence-corrected chi connectivity index (χ1v) is 7.69. The molecule has 0 radical (unpaired) electrons. The van der Waals surface area contributed by atoms with Crippen molar-refractivity contribution >= 4 is 49.1 Å². The molecule has 0 aromatic carbocycles. The topological polar surface area (TPSA) is 64.9 Å². The molecule has 0 spiro atoms. The first-order chi connectivity index (χ1) is 9.16. The van der Waals surface area contributed by atoms with Crippen LogP contribution in [0.2, 0.25) is 0 Å². The summed E-state index contributed by atoms with van der Waals surface area (Å²) in [5, 5.41) is 4.05. The number of aromatic nitrogens is 2. The van der Waals surface area contributed by atoms with Gasteiger partial charge in [-0.1, -0.05) is 11.2 Å². The van der Waals surface area contributed by atoms with Gasteiger partial charge in [-0.3, -0.25) is 4.98 Å². The van der Waals surface area contributed by atoms with E-state index in [1.807, 2.05) is 24.3 Å². The number of anilines is 1. The molecule has 0 bridgehead atoms. The average molecular weight is 401 g/mol.